The summed E-state index contributed by atoms with van der Waals surface area (Å²) in [5, 5.41) is 2.25. The van der Waals surface area contributed by atoms with Crippen LogP contribution in [-0.2, 0) is 26.7 Å². The number of hydrogen-bond donors (Lipinski definition) is 1. The minimum atomic E-state index is -5.06. The van der Waals surface area contributed by atoms with Gasteiger partial charge in [0.1, 0.15) is 0 Å². The second-order valence-electron chi connectivity index (χ2n) is 9.69. The molecule has 208 valence electrons. The number of aryl methyl sites for hydroxylation is 2. The average Bonchev–Trinajstić information content (AvgIpc) is 2.82. The van der Waals surface area contributed by atoms with Gasteiger partial charge in [-0.15, -0.1) is 0 Å². The molecule has 1 aliphatic heterocycles. The zero-order valence-corrected chi connectivity index (χ0v) is 21.5. The monoisotopic (exact) mass is 544 g/mol. The van der Waals surface area contributed by atoms with Crippen LogP contribution in [0, 0.1) is 31.6 Å². The molecule has 11 heteroatoms. The van der Waals surface area contributed by atoms with E-state index >= 15 is 0 Å². The maximum Gasteiger partial charge on any atom is 0.416 e. The minimum absolute atomic E-state index is 0.00273. The van der Waals surface area contributed by atoms with Crippen LogP contribution in [0.25, 0.3) is 0 Å². The van der Waals surface area contributed by atoms with Crippen molar-refractivity contribution in [1.29, 1.82) is 0 Å². The molecule has 0 aliphatic carbocycles. The molecule has 0 spiro atoms. The molecule has 2 aromatic rings. The number of alkyl halides is 6. The molecule has 5 nitrogen and oxygen atoms in total. The first-order valence-corrected chi connectivity index (χ1v) is 12.1. The molecule has 3 rings (SSSR count). The molecule has 1 heterocycles. The van der Waals surface area contributed by atoms with E-state index in [1.165, 1.54) is 4.90 Å². The van der Waals surface area contributed by atoms with E-state index in [2.05, 4.69) is 5.32 Å². The summed E-state index contributed by atoms with van der Waals surface area (Å²) in [4.78, 5) is 28.5. The van der Waals surface area contributed by atoms with Crippen LogP contribution in [0.5, 0.6) is 0 Å². The number of halogens is 6. The number of carbonyl (C=O) groups is 2. The first-order chi connectivity index (χ1) is 17.6. The fraction of sp³-hybridized carbons (Fsp3) is 0.481. The average molecular weight is 545 g/mol. The Morgan fingerprint density at radius 3 is 1.92 bits per heavy atom. The summed E-state index contributed by atoms with van der Waals surface area (Å²) >= 11 is 0. The molecule has 1 aliphatic rings. The molecular formula is C27H30F6N2O3. The van der Waals surface area contributed by atoms with Crippen molar-refractivity contribution in [3.63, 3.8) is 0 Å². The summed E-state index contributed by atoms with van der Waals surface area (Å²) in [6.07, 6.45) is -9.28. The van der Waals surface area contributed by atoms with E-state index in [9.17, 15) is 35.9 Å². The Kier molecular flexibility index (Phi) is 8.80. The topological polar surface area (TPSA) is 58.6 Å². The minimum Gasteiger partial charge on any atom is -0.381 e. The highest BCUT2D eigenvalue weighted by atomic mass is 19.4. The number of amides is 2. The van der Waals surface area contributed by atoms with Crippen molar-refractivity contribution in [3.8, 4) is 0 Å². The van der Waals surface area contributed by atoms with Gasteiger partial charge in [0.05, 0.1) is 17.0 Å². The second kappa shape index (κ2) is 11.3. The van der Waals surface area contributed by atoms with Gasteiger partial charge in [0.15, 0.2) is 0 Å². The van der Waals surface area contributed by atoms with E-state index in [-0.39, 0.29) is 12.0 Å². The van der Waals surface area contributed by atoms with Crippen molar-refractivity contribution in [1.82, 2.24) is 0 Å². The van der Waals surface area contributed by atoms with Gasteiger partial charge in [0.2, 0.25) is 11.8 Å². The van der Waals surface area contributed by atoms with Crippen LogP contribution in [-0.4, -0.2) is 32.1 Å². The van der Waals surface area contributed by atoms with E-state index in [1.807, 2.05) is 32.0 Å². The summed E-state index contributed by atoms with van der Waals surface area (Å²) in [7, 11) is 1.58. The standard InChI is InChI=1S/C27H30F6N2O3/c1-15-6-5-7-16(2)23(15)35(4)25(37)17(3)22(18-8-10-38-11-9-18)24(36)34-21-13-19(26(28,29)30)12-20(14-21)27(31,32)33/h5-7,12-14,17-18,22H,8-11H2,1-4H3,(H,34,36). The predicted octanol–water partition coefficient (Wildman–Crippen LogP) is 6.62. The molecule has 0 aromatic heterocycles. The zero-order valence-electron chi connectivity index (χ0n) is 21.5. The first-order valence-electron chi connectivity index (χ1n) is 12.1. The molecule has 1 fully saturated rings. The molecule has 2 amide bonds. The summed E-state index contributed by atoms with van der Waals surface area (Å²) in [6, 6.07) is 6.44. The summed E-state index contributed by atoms with van der Waals surface area (Å²) in [6.45, 7) is 5.88. The first kappa shape index (κ1) is 29.5. The van der Waals surface area contributed by atoms with E-state index in [1.54, 1.807) is 14.0 Å². The molecule has 38 heavy (non-hydrogen) atoms. The highest BCUT2D eigenvalue weighted by Gasteiger charge is 2.41. The number of hydrogen-bond acceptors (Lipinski definition) is 3. The number of nitrogens with zero attached hydrogens (tertiary/aromatic N) is 1. The third kappa shape index (κ3) is 6.67. The lowest BCUT2D eigenvalue weighted by molar-refractivity contribution is -0.143. The van der Waals surface area contributed by atoms with Crippen LogP contribution in [0.4, 0.5) is 37.7 Å². The maximum atomic E-state index is 13.6. The Morgan fingerprint density at radius 2 is 1.45 bits per heavy atom. The Bertz CT molecular complexity index is 1120. The van der Waals surface area contributed by atoms with Crippen LogP contribution >= 0.6 is 0 Å². The van der Waals surface area contributed by atoms with Crippen molar-refractivity contribution < 1.29 is 40.7 Å². The third-order valence-corrected chi connectivity index (χ3v) is 6.97. The zero-order chi connectivity index (χ0) is 28.4. The van der Waals surface area contributed by atoms with Gasteiger partial charge in [0, 0.05) is 37.6 Å². The van der Waals surface area contributed by atoms with Gasteiger partial charge in [-0.3, -0.25) is 9.59 Å². The molecular weight excluding hydrogens is 514 g/mol. The lowest BCUT2D eigenvalue weighted by Crippen LogP contribution is -2.44. The summed E-state index contributed by atoms with van der Waals surface area (Å²) < 4.78 is 85.3. The van der Waals surface area contributed by atoms with Crippen LogP contribution in [0.3, 0.4) is 0 Å². The molecule has 2 atom stereocenters. The number of nitrogens with one attached hydrogen (secondary N) is 1. The Balaban J connectivity index is 1.97. The Labute approximate surface area is 217 Å². The Hall–Kier alpha value is -3.08. The van der Waals surface area contributed by atoms with Crippen molar-refractivity contribution >= 4 is 23.2 Å². The number of ether oxygens (including phenoxy) is 1. The molecule has 1 saturated heterocycles. The van der Waals surface area contributed by atoms with E-state index < -0.39 is 52.8 Å². The quantitative estimate of drug-likeness (QED) is 0.416. The van der Waals surface area contributed by atoms with Crippen LogP contribution in [0.2, 0.25) is 0 Å². The van der Waals surface area contributed by atoms with Crippen molar-refractivity contribution in [2.45, 2.75) is 46.0 Å². The van der Waals surface area contributed by atoms with E-state index in [0.717, 1.165) is 11.1 Å². The van der Waals surface area contributed by atoms with Gasteiger partial charge in [-0.25, -0.2) is 0 Å². The second-order valence-corrected chi connectivity index (χ2v) is 9.69. The molecule has 0 saturated carbocycles. The molecule has 2 unspecified atom stereocenters. The van der Waals surface area contributed by atoms with Gasteiger partial charge in [-0.2, -0.15) is 26.3 Å². The normalized spacial score (nSPS) is 16.6. The fourth-order valence-corrected chi connectivity index (χ4v) is 5.08. The lowest BCUT2D eigenvalue weighted by Gasteiger charge is -2.35. The van der Waals surface area contributed by atoms with Gasteiger partial charge in [0.25, 0.3) is 0 Å². The number of benzene rings is 2. The van der Waals surface area contributed by atoms with Crippen LogP contribution in [0.1, 0.15) is 42.0 Å². The lowest BCUT2D eigenvalue weighted by atomic mass is 9.77. The van der Waals surface area contributed by atoms with Gasteiger partial charge >= 0.3 is 12.4 Å². The van der Waals surface area contributed by atoms with E-state index in [4.69, 9.17) is 4.74 Å². The van der Waals surface area contributed by atoms with Gasteiger partial charge in [-0.1, -0.05) is 25.1 Å². The van der Waals surface area contributed by atoms with Gasteiger partial charge in [-0.05, 0) is 61.9 Å². The number of carbonyl (C=O) groups excluding carboxylic acids is 2. The fourth-order valence-electron chi connectivity index (χ4n) is 5.08. The van der Waals surface area contributed by atoms with Crippen molar-refractivity contribution in [3.05, 3.63) is 58.7 Å². The van der Waals surface area contributed by atoms with Gasteiger partial charge < -0.3 is 15.0 Å². The SMILES string of the molecule is Cc1cccc(C)c1N(C)C(=O)C(C)C(C(=O)Nc1cc(C(F)(F)F)cc(C(F)(F)F)c1)C1CCOCC1. The maximum absolute atomic E-state index is 13.6. The van der Waals surface area contributed by atoms with Crippen molar-refractivity contribution in [2.24, 2.45) is 17.8 Å². The van der Waals surface area contributed by atoms with Crippen LogP contribution < -0.4 is 10.2 Å². The predicted molar refractivity (Wildman–Crippen MR) is 131 cm³/mol. The summed E-state index contributed by atoms with van der Waals surface area (Å²) in [5.74, 6) is -3.51. The largest absolute Gasteiger partial charge is 0.416 e. The molecule has 0 radical (unpaired) electrons. The highest BCUT2D eigenvalue weighted by Crippen LogP contribution is 2.39. The number of para-hydroxylation sites is 1. The molecule has 0 bridgehead atoms. The Morgan fingerprint density at radius 1 is 0.947 bits per heavy atom. The third-order valence-electron chi connectivity index (χ3n) is 6.97. The number of anilines is 2. The highest BCUT2D eigenvalue weighted by molar-refractivity contribution is 6.01. The van der Waals surface area contributed by atoms with Crippen molar-refractivity contribution in [2.75, 3.05) is 30.5 Å². The molecule has 1 N–H and O–H groups in total. The van der Waals surface area contributed by atoms with E-state index in [0.29, 0.717) is 43.9 Å². The summed E-state index contributed by atoms with van der Waals surface area (Å²) in [5.41, 5.74) is -1.37. The smallest absolute Gasteiger partial charge is 0.381 e. The molecule has 2 aromatic carbocycles. The van der Waals surface area contributed by atoms with Crippen LogP contribution in [0.15, 0.2) is 36.4 Å². The number of rotatable bonds is 6.